The van der Waals surface area contributed by atoms with Gasteiger partial charge in [-0.05, 0) is 24.3 Å². The second-order valence-electron chi connectivity index (χ2n) is 3.44. The molecule has 5 nitrogen and oxygen atoms in total. The van der Waals surface area contributed by atoms with E-state index >= 15 is 0 Å². The number of hydrogen-bond donors (Lipinski definition) is 0. The molecule has 19 heavy (non-hydrogen) atoms. The molecule has 0 amide bonds. The first-order valence-electron chi connectivity index (χ1n) is 4.74. The van der Waals surface area contributed by atoms with Crippen molar-refractivity contribution in [3.05, 3.63) is 40.8 Å². The van der Waals surface area contributed by atoms with Crippen LogP contribution in [0.4, 0.5) is 13.2 Å². The Balaban J connectivity index is 2.43. The molecule has 0 radical (unpaired) electrons. The minimum absolute atomic E-state index is 0.101. The molecule has 0 aliphatic heterocycles. The van der Waals surface area contributed by atoms with Gasteiger partial charge in [0, 0.05) is 11.5 Å². The van der Waals surface area contributed by atoms with Gasteiger partial charge in [0.05, 0.1) is 0 Å². The van der Waals surface area contributed by atoms with Crippen molar-refractivity contribution in [2.45, 2.75) is 5.51 Å². The van der Waals surface area contributed by atoms with Crippen molar-refractivity contribution in [2.24, 2.45) is 0 Å². The molecule has 1 heterocycles. The maximum Gasteiger partial charge on any atom is 0.534 e. The summed E-state index contributed by atoms with van der Waals surface area (Å²) < 4.78 is 66.6. The average molecular weight is 294 g/mol. The fraction of sp³-hybridized carbons (Fsp3) is 0.100. The van der Waals surface area contributed by atoms with Gasteiger partial charge >= 0.3 is 21.3 Å². The van der Waals surface area contributed by atoms with E-state index in [9.17, 15) is 26.4 Å². The van der Waals surface area contributed by atoms with Crippen LogP contribution < -0.4 is 9.81 Å². The minimum Gasteiger partial charge on any atom is -0.423 e. The summed E-state index contributed by atoms with van der Waals surface area (Å²) in [5.74, 6) is -0.529. The third kappa shape index (κ3) is 2.70. The van der Waals surface area contributed by atoms with Gasteiger partial charge in [0.1, 0.15) is 11.3 Å². The topological polar surface area (TPSA) is 73.6 Å². The third-order valence-electron chi connectivity index (χ3n) is 2.08. The van der Waals surface area contributed by atoms with Crippen LogP contribution in [0.15, 0.2) is 39.5 Å². The van der Waals surface area contributed by atoms with Crippen molar-refractivity contribution in [3.63, 3.8) is 0 Å². The van der Waals surface area contributed by atoms with Crippen LogP contribution in [-0.4, -0.2) is 13.9 Å². The first kappa shape index (κ1) is 13.4. The van der Waals surface area contributed by atoms with Crippen LogP contribution in [0.25, 0.3) is 11.0 Å². The first-order chi connectivity index (χ1) is 8.69. The van der Waals surface area contributed by atoms with Crippen molar-refractivity contribution in [3.8, 4) is 5.75 Å². The summed E-state index contributed by atoms with van der Waals surface area (Å²) in [5, 5.41) is 0.231. The summed E-state index contributed by atoms with van der Waals surface area (Å²) in [6.45, 7) is 0. The van der Waals surface area contributed by atoms with E-state index in [2.05, 4.69) is 4.18 Å². The second-order valence-corrected chi connectivity index (χ2v) is 4.98. The van der Waals surface area contributed by atoms with E-state index in [-0.39, 0.29) is 11.0 Å². The smallest absolute Gasteiger partial charge is 0.423 e. The summed E-state index contributed by atoms with van der Waals surface area (Å²) in [6.07, 6.45) is 0. The Bertz CT molecular complexity index is 776. The first-order valence-corrected chi connectivity index (χ1v) is 6.14. The minimum atomic E-state index is -5.72. The van der Waals surface area contributed by atoms with Gasteiger partial charge in [-0.15, -0.1) is 0 Å². The molecule has 0 saturated heterocycles. The molecule has 1 aromatic carbocycles. The fourth-order valence-corrected chi connectivity index (χ4v) is 1.73. The molecule has 1 aromatic heterocycles. The number of hydrogen-bond acceptors (Lipinski definition) is 5. The number of alkyl halides is 3. The van der Waals surface area contributed by atoms with Crippen LogP contribution in [0, 0.1) is 0 Å². The highest BCUT2D eigenvalue weighted by atomic mass is 32.2. The van der Waals surface area contributed by atoms with E-state index in [4.69, 9.17) is 4.42 Å². The highest BCUT2D eigenvalue weighted by Crippen LogP contribution is 2.28. The number of benzene rings is 1. The molecule has 0 saturated carbocycles. The van der Waals surface area contributed by atoms with Gasteiger partial charge in [-0.3, -0.25) is 0 Å². The van der Waals surface area contributed by atoms with E-state index in [1.165, 1.54) is 6.07 Å². The summed E-state index contributed by atoms with van der Waals surface area (Å²) in [4.78, 5) is 10.9. The van der Waals surface area contributed by atoms with Crippen molar-refractivity contribution in [1.29, 1.82) is 0 Å². The average Bonchev–Trinajstić information content (AvgIpc) is 2.27. The molecular formula is C10H5F3O5S. The van der Waals surface area contributed by atoms with Gasteiger partial charge in [-0.25, -0.2) is 4.79 Å². The van der Waals surface area contributed by atoms with Gasteiger partial charge in [0.15, 0.2) is 0 Å². The Labute approximate surface area is 104 Å². The second kappa shape index (κ2) is 4.26. The Hall–Kier alpha value is -2.03. The Morgan fingerprint density at radius 3 is 2.42 bits per heavy atom. The molecule has 0 atom stereocenters. The molecule has 0 N–H and O–H groups in total. The normalized spacial score (nSPS) is 12.6. The Morgan fingerprint density at radius 2 is 1.79 bits per heavy atom. The van der Waals surface area contributed by atoms with Crippen LogP contribution in [0.2, 0.25) is 0 Å². The van der Waals surface area contributed by atoms with Crippen LogP contribution >= 0.6 is 0 Å². The van der Waals surface area contributed by atoms with Crippen LogP contribution in [0.1, 0.15) is 0 Å². The summed E-state index contributed by atoms with van der Waals surface area (Å²) in [5.41, 5.74) is -6.04. The van der Waals surface area contributed by atoms with Crippen molar-refractivity contribution in [1.82, 2.24) is 0 Å². The Morgan fingerprint density at radius 1 is 1.11 bits per heavy atom. The van der Waals surface area contributed by atoms with Crippen molar-refractivity contribution in [2.75, 3.05) is 0 Å². The zero-order valence-electron chi connectivity index (χ0n) is 8.97. The van der Waals surface area contributed by atoms with Gasteiger partial charge in [-0.2, -0.15) is 21.6 Å². The SMILES string of the molecule is O=c1ccc2cc(OS(=O)(=O)C(F)(F)F)ccc2o1. The van der Waals surface area contributed by atoms with Crippen molar-refractivity contribution >= 4 is 21.1 Å². The third-order valence-corrected chi connectivity index (χ3v) is 3.06. The molecule has 0 spiro atoms. The number of halogens is 3. The van der Waals surface area contributed by atoms with Crippen molar-refractivity contribution < 1.29 is 30.2 Å². The largest absolute Gasteiger partial charge is 0.534 e. The lowest BCUT2D eigenvalue weighted by molar-refractivity contribution is -0.0500. The molecule has 2 rings (SSSR count). The molecule has 0 unspecified atom stereocenters. The zero-order chi connectivity index (χ0) is 14.3. The molecule has 0 aliphatic rings. The maximum absolute atomic E-state index is 12.1. The summed E-state index contributed by atoms with van der Waals surface area (Å²) in [7, 11) is -5.72. The molecule has 0 fully saturated rings. The van der Waals surface area contributed by atoms with E-state index < -0.39 is 27.0 Å². The predicted octanol–water partition coefficient (Wildman–Crippen LogP) is 2.02. The van der Waals surface area contributed by atoms with E-state index in [0.717, 1.165) is 24.3 Å². The summed E-state index contributed by atoms with van der Waals surface area (Å²) >= 11 is 0. The quantitative estimate of drug-likeness (QED) is 0.481. The molecule has 0 bridgehead atoms. The predicted molar refractivity (Wildman–Crippen MR) is 58.1 cm³/mol. The summed E-state index contributed by atoms with van der Waals surface area (Å²) in [6, 6.07) is 5.42. The Kier molecular flexibility index (Phi) is 3.01. The zero-order valence-corrected chi connectivity index (χ0v) is 9.79. The van der Waals surface area contributed by atoms with Gasteiger partial charge < -0.3 is 8.60 Å². The highest BCUT2D eigenvalue weighted by molar-refractivity contribution is 7.88. The molecular weight excluding hydrogens is 289 g/mol. The maximum atomic E-state index is 12.1. The lowest BCUT2D eigenvalue weighted by atomic mass is 10.2. The van der Waals surface area contributed by atoms with E-state index in [1.807, 2.05) is 0 Å². The van der Waals surface area contributed by atoms with Gasteiger partial charge in [0.25, 0.3) is 0 Å². The molecule has 0 aliphatic carbocycles. The standard InChI is InChI=1S/C10H5F3O5S/c11-10(12,13)19(15,16)18-7-2-3-8-6(5-7)1-4-9(14)17-8/h1-5H. The highest BCUT2D eigenvalue weighted by Gasteiger charge is 2.48. The van der Waals surface area contributed by atoms with Gasteiger partial charge in [0.2, 0.25) is 0 Å². The van der Waals surface area contributed by atoms with Crippen LogP contribution in [-0.2, 0) is 10.1 Å². The number of rotatable bonds is 2. The van der Waals surface area contributed by atoms with E-state index in [1.54, 1.807) is 0 Å². The van der Waals surface area contributed by atoms with Gasteiger partial charge in [-0.1, -0.05) is 0 Å². The lowest BCUT2D eigenvalue weighted by Crippen LogP contribution is -2.28. The molecule has 2 aromatic rings. The molecule has 9 heteroatoms. The van der Waals surface area contributed by atoms with E-state index in [0.29, 0.717) is 0 Å². The lowest BCUT2D eigenvalue weighted by Gasteiger charge is -2.09. The monoisotopic (exact) mass is 294 g/mol. The van der Waals surface area contributed by atoms with Crippen LogP contribution in [0.3, 0.4) is 0 Å². The number of fused-ring (bicyclic) bond motifs is 1. The van der Waals surface area contributed by atoms with Crippen LogP contribution in [0.5, 0.6) is 5.75 Å². The fourth-order valence-electron chi connectivity index (χ4n) is 1.28. The molecule has 102 valence electrons.